The van der Waals surface area contributed by atoms with Crippen LogP contribution < -0.4 is 15.5 Å². The first-order valence-corrected chi connectivity index (χ1v) is 7.66. The normalized spacial score (nSPS) is 10.3. The number of aromatic nitrogens is 2. The van der Waals surface area contributed by atoms with Crippen LogP contribution in [-0.4, -0.2) is 41.6 Å². The lowest BCUT2D eigenvalue weighted by Gasteiger charge is -2.18. The lowest BCUT2D eigenvalue weighted by Crippen LogP contribution is -2.38. The van der Waals surface area contributed by atoms with E-state index in [0.717, 1.165) is 0 Å². The van der Waals surface area contributed by atoms with E-state index in [1.54, 1.807) is 36.2 Å². The minimum Gasteiger partial charge on any atom is -0.352 e. The first-order valence-electron chi connectivity index (χ1n) is 7.66. The van der Waals surface area contributed by atoms with E-state index in [9.17, 15) is 9.59 Å². The summed E-state index contributed by atoms with van der Waals surface area (Å²) in [7, 11) is 1.74. The van der Waals surface area contributed by atoms with Crippen LogP contribution in [0.4, 0.5) is 11.5 Å². The number of carbonyl (C=O) groups excluding carboxylic acids is 2. The van der Waals surface area contributed by atoms with Crippen LogP contribution in [0.15, 0.2) is 42.5 Å². The largest absolute Gasteiger partial charge is 0.352 e. The van der Waals surface area contributed by atoms with Crippen molar-refractivity contribution in [2.24, 2.45) is 0 Å². The molecule has 0 saturated heterocycles. The molecule has 0 aliphatic carbocycles. The Labute approximate surface area is 141 Å². The second-order valence-electron chi connectivity index (χ2n) is 5.68. The monoisotopic (exact) mass is 327 g/mol. The molecule has 126 valence electrons. The quantitative estimate of drug-likeness (QED) is 0.843. The molecule has 1 aromatic heterocycles. The summed E-state index contributed by atoms with van der Waals surface area (Å²) >= 11 is 0. The summed E-state index contributed by atoms with van der Waals surface area (Å²) in [6.45, 7) is 3.97. The summed E-state index contributed by atoms with van der Waals surface area (Å²) in [4.78, 5) is 25.5. The molecular formula is C17H21N5O2. The fraction of sp³-hybridized carbons (Fsp3) is 0.294. The molecule has 24 heavy (non-hydrogen) atoms. The minimum atomic E-state index is -0.333. The van der Waals surface area contributed by atoms with E-state index in [2.05, 4.69) is 20.8 Å². The highest BCUT2D eigenvalue weighted by atomic mass is 16.2. The van der Waals surface area contributed by atoms with Crippen LogP contribution in [-0.2, 0) is 4.79 Å². The summed E-state index contributed by atoms with van der Waals surface area (Å²) < 4.78 is 0. The molecule has 0 radical (unpaired) electrons. The molecule has 0 atom stereocenters. The molecule has 2 N–H and O–H groups in total. The van der Waals surface area contributed by atoms with Crippen molar-refractivity contribution in [1.29, 1.82) is 0 Å². The van der Waals surface area contributed by atoms with E-state index in [-0.39, 0.29) is 30.1 Å². The molecule has 0 fully saturated rings. The molecule has 0 aliphatic rings. The van der Waals surface area contributed by atoms with E-state index in [1.807, 2.05) is 32.0 Å². The number of nitrogens with one attached hydrogen (secondary N) is 2. The third kappa shape index (κ3) is 5.05. The summed E-state index contributed by atoms with van der Waals surface area (Å²) in [5, 5.41) is 13.5. The SMILES string of the molecule is CC(C)NC(=O)CN(C)c1ccc(C(=O)Nc2ccccc2)nn1. The third-order valence-corrected chi connectivity index (χ3v) is 3.14. The summed E-state index contributed by atoms with van der Waals surface area (Å²) in [6.07, 6.45) is 0. The van der Waals surface area contributed by atoms with Crippen LogP contribution in [0.25, 0.3) is 0 Å². The van der Waals surface area contributed by atoms with Crippen molar-refractivity contribution < 1.29 is 9.59 Å². The highest BCUT2D eigenvalue weighted by Gasteiger charge is 2.12. The Morgan fingerprint density at radius 1 is 1.08 bits per heavy atom. The number of benzene rings is 1. The smallest absolute Gasteiger partial charge is 0.276 e. The Kier molecular flexibility index (Phi) is 5.83. The van der Waals surface area contributed by atoms with Gasteiger partial charge in [0, 0.05) is 18.8 Å². The van der Waals surface area contributed by atoms with Crippen molar-refractivity contribution in [2.45, 2.75) is 19.9 Å². The van der Waals surface area contributed by atoms with Gasteiger partial charge in [-0.2, -0.15) is 0 Å². The number of para-hydroxylation sites is 1. The standard InChI is InChI=1S/C17H21N5O2/c1-12(2)18-16(23)11-22(3)15-10-9-14(20-21-15)17(24)19-13-7-5-4-6-8-13/h4-10,12H,11H2,1-3H3,(H,18,23)(H,19,24). The van der Waals surface area contributed by atoms with E-state index >= 15 is 0 Å². The lowest BCUT2D eigenvalue weighted by atomic mass is 10.3. The van der Waals surface area contributed by atoms with E-state index in [0.29, 0.717) is 11.5 Å². The van der Waals surface area contributed by atoms with Crippen molar-refractivity contribution in [3.63, 3.8) is 0 Å². The van der Waals surface area contributed by atoms with Crippen molar-refractivity contribution >= 4 is 23.3 Å². The minimum absolute atomic E-state index is 0.0843. The van der Waals surface area contributed by atoms with Gasteiger partial charge < -0.3 is 15.5 Å². The van der Waals surface area contributed by atoms with Crippen molar-refractivity contribution in [3.05, 3.63) is 48.2 Å². The van der Waals surface area contributed by atoms with E-state index in [4.69, 9.17) is 0 Å². The topological polar surface area (TPSA) is 87.2 Å². The number of carbonyl (C=O) groups is 2. The number of hydrogen-bond donors (Lipinski definition) is 2. The average Bonchev–Trinajstić information content (AvgIpc) is 2.55. The van der Waals surface area contributed by atoms with Crippen molar-refractivity contribution in [1.82, 2.24) is 15.5 Å². The van der Waals surface area contributed by atoms with Gasteiger partial charge in [-0.05, 0) is 38.1 Å². The number of hydrogen-bond acceptors (Lipinski definition) is 5. The molecule has 2 rings (SSSR count). The molecule has 2 aromatic rings. The zero-order valence-electron chi connectivity index (χ0n) is 14.0. The maximum atomic E-state index is 12.1. The van der Waals surface area contributed by atoms with Crippen LogP contribution in [0.1, 0.15) is 24.3 Å². The van der Waals surface area contributed by atoms with Gasteiger partial charge in [-0.1, -0.05) is 18.2 Å². The van der Waals surface area contributed by atoms with Gasteiger partial charge in [0.05, 0.1) is 6.54 Å². The van der Waals surface area contributed by atoms with Gasteiger partial charge in [0.25, 0.3) is 5.91 Å². The fourth-order valence-electron chi connectivity index (χ4n) is 2.03. The molecule has 2 amide bonds. The molecule has 0 unspecified atom stereocenters. The van der Waals surface area contributed by atoms with Gasteiger partial charge >= 0.3 is 0 Å². The van der Waals surface area contributed by atoms with Gasteiger partial charge in [0.15, 0.2) is 11.5 Å². The highest BCUT2D eigenvalue weighted by Crippen LogP contribution is 2.10. The first kappa shape index (κ1) is 17.4. The molecule has 1 heterocycles. The van der Waals surface area contributed by atoms with Crippen LogP contribution in [0.3, 0.4) is 0 Å². The molecule has 0 saturated carbocycles. The van der Waals surface area contributed by atoms with Crippen LogP contribution in [0.2, 0.25) is 0 Å². The lowest BCUT2D eigenvalue weighted by molar-refractivity contribution is -0.120. The Morgan fingerprint density at radius 3 is 2.38 bits per heavy atom. The van der Waals surface area contributed by atoms with Crippen molar-refractivity contribution in [2.75, 3.05) is 23.8 Å². The summed E-state index contributed by atoms with van der Waals surface area (Å²) in [6, 6.07) is 12.5. The van der Waals surface area contributed by atoms with Crippen LogP contribution in [0.5, 0.6) is 0 Å². The Morgan fingerprint density at radius 2 is 1.79 bits per heavy atom. The Hall–Kier alpha value is -2.96. The third-order valence-electron chi connectivity index (χ3n) is 3.14. The van der Waals surface area contributed by atoms with Gasteiger partial charge in [-0.25, -0.2) is 0 Å². The fourth-order valence-corrected chi connectivity index (χ4v) is 2.03. The van der Waals surface area contributed by atoms with E-state index in [1.165, 1.54) is 0 Å². The van der Waals surface area contributed by atoms with E-state index < -0.39 is 0 Å². The summed E-state index contributed by atoms with van der Waals surface area (Å²) in [5.41, 5.74) is 0.901. The number of nitrogens with zero attached hydrogens (tertiary/aromatic N) is 3. The Bertz CT molecular complexity index is 686. The number of amides is 2. The predicted molar refractivity (Wildman–Crippen MR) is 93.0 cm³/mol. The predicted octanol–water partition coefficient (Wildman–Crippen LogP) is 1.69. The molecule has 1 aromatic carbocycles. The van der Waals surface area contributed by atoms with Gasteiger partial charge in [-0.3, -0.25) is 9.59 Å². The second-order valence-corrected chi connectivity index (χ2v) is 5.68. The Balaban J connectivity index is 1.97. The zero-order valence-corrected chi connectivity index (χ0v) is 14.0. The highest BCUT2D eigenvalue weighted by molar-refractivity contribution is 6.02. The summed E-state index contributed by atoms with van der Waals surface area (Å²) in [5.74, 6) is 0.0887. The molecule has 7 heteroatoms. The zero-order chi connectivity index (χ0) is 17.5. The van der Waals surface area contributed by atoms with Crippen LogP contribution >= 0.6 is 0 Å². The van der Waals surface area contributed by atoms with Gasteiger partial charge in [0.1, 0.15) is 0 Å². The van der Waals surface area contributed by atoms with Crippen LogP contribution in [0, 0.1) is 0 Å². The van der Waals surface area contributed by atoms with Crippen molar-refractivity contribution in [3.8, 4) is 0 Å². The van der Waals surface area contributed by atoms with Gasteiger partial charge in [-0.15, -0.1) is 10.2 Å². The number of rotatable bonds is 6. The molecule has 0 bridgehead atoms. The van der Waals surface area contributed by atoms with Gasteiger partial charge in [0.2, 0.25) is 5.91 Å². The number of anilines is 2. The second kappa shape index (κ2) is 8.05. The maximum Gasteiger partial charge on any atom is 0.276 e. The first-order chi connectivity index (χ1) is 11.5. The average molecular weight is 327 g/mol. The molecule has 0 spiro atoms. The molecule has 0 aliphatic heterocycles. The number of likely N-dealkylation sites (N-methyl/N-ethyl adjacent to an activating group) is 1. The maximum absolute atomic E-state index is 12.1. The molecule has 7 nitrogen and oxygen atoms in total. The molecular weight excluding hydrogens is 306 g/mol.